The Bertz CT molecular complexity index is 1820. The van der Waals surface area contributed by atoms with Gasteiger partial charge in [0.15, 0.2) is 28.9 Å². The van der Waals surface area contributed by atoms with E-state index in [9.17, 15) is 19.2 Å². The molecule has 238 valence electrons. The van der Waals surface area contributed by atoms with E-state index in [0.717, 1.165) is 22.7 Å². The highest BCUT2D eigenvalue weighted by atomic mass is 32.1. The third-order valence-corrected chi connectivity index (χ3v) is 10.5. The minimum atomic E-state index is -1.08. The first-order valence-electron chi connectivity index (χ1n) is 14.5. The van der Waals surface area contributed by atoms with Gasteiger partial charge in [-0.3, -0.25) is 19.2 Å². The minimum Gasteiger partial charge on any atom is -0.496 e. The first-order chi connectivity index (χ1) is 21.4. The van der Waals surface area contributed by atoms with E-state index in [2.05, 4.69) is 0 Å². The number of thiophene rings is 2. The second-order valence-electron chi connectivity index (χ2n) is 11.2. The molecule has 1 N–H and O–H groups in total. The van der Waals surface area contributed by atoms with Gasteiger partial charge in [-0.1, -0.05) is 6.92 Å². The molecule has 0 amide bonds. The van der Waals surface area contributed by atoms with Crippen molar-refractivity contribution < 1.29 is 47.3 Å². The van der Waals surface area contributed by atoms with Gasteiger partial charge in [-0.15, -0.1) is 22.7 Å². The summed E-state index contributed by atoms with van der Waals surface area (Å²) >= 11 is 2.23. The number of ether oxygens (including phenoxy) is 3. The molecule has 1 saturated carbocycles. The van der Waals surface area contributed by atoms with E-state index in [1.807, 2.05) is 0 Å². The topological polar surface area (TPSA) is 116 Å². The predicted octanol–water partition coefficient (Wildman–Crippen LogP) is 7.51. The molecule has 1 aliphatic carbocycles. The van der Waals surface area contributed by atoms with Crippen molar-refractivity contribution in [3.8, 4) is 17.2 Å². The number of carboxylic acids is 1. The van der Waals surface area contributed by atoms with Crippen LogP contribution in [0.1, 0.15) is 64.4 Å². The van der Waals surface area contributed by atoms with Crippen LogP contribution in [-0.4, -0.2) is 49.3 Å². The number of ketones is 3. The second kappa shape index (κ2) is 13.2. The largest absolute Gasteiger partial charge is 0.496 e. The number of methoxy groups -OCH3 is 2. The Morgan fingerprint density at radius 2 is 1.51 bits per heavy atom. The van der Waals surface area contributed by atoms with Crippen molar-refractivity contribution >= 4 is 66.2 Å². The van der Waals surface area contributed by atoms with Gasteiger partial charge in [-0.25, -0.2) is 8.78 Å². The second-order valence-corrected chi connectivity index (χ2v) is 13.4. The number of hydrogen-bond acceptors (Lipinski definition) is 9. The standard InChI is InChI=1S/C33H32F2O8S2/c1-15(33(39)40)10-22(37)27-11-20-25(44-27)13-23(41-3)19(29(20)34)6-5-9-43-32-24(42-4)14-26-21(30(32)35)12-28(45-26)31(38)18-8-7-17(18)16(2)36/h11-15,17-18H,5-10H2,1-4H3,(H,39,40)/t15-,17-,18+/m0/s1. The van der Waals surface area contributed by atoms with Gasteiger partial charge in [0, 0.05) is 50.1 Å². The fraction of sp³-hybridized carbons (Fsp3) is 0.394. The van der Waals surface area contributed by atoms with Gasteiger partial charge in [0.25, 0.3) is 0 Å². The number of carbonyl (C=O) groups is 4. The van der Waals surface area contributed by atoms with E-state index in [4.69, 9.17) is 19.3 Å². The van der Waals surface area contributed by atoms with Crippen molar-refractivity contribution in [1.82, 2.24) is 0 Å². The molecule has 0 spiro atoms. The quantitative estimate of drug-likeness (QED) is 0.109. The number of benzene rings is 2. The maximum absolute atomic E-state index is 15.7. The molecule has 0 radical (unpaired) electrons. The van der Waals surface area contributed by atoms with Crippen LogP contribution in [0.5, 0.6) is 17.2 Å². The van der Waals surface area contributed by atoms with E-state index in [-0.39, 0.29) is 87.8 Å². The molecule has 8 nitrogen and oxygen atoms in total. The lowest BCUT2D eigenvalue weighted by atomic mass is 9.69. The molecule has 0 aliphatic heterocycles. The lowest BCUT2D eigenvalue weighted by molar-refractivity contribution is -0.141. The summed E-state index contributed by atoms with van der Waals surface area (Å²) in [7, 11) is 2.80. The first kappa shape index (κ1) is 32.5. The zero-order valence-corrected chi connectivity index (χ0v) is 26.8. The van der Waals surface area contributed by atoms with Gasteiger partial charge in [0.2, 0.25) is 0 Å². The van der Waals surface area contributed by atoms with E-state index >= 15 is 8.78 Å². The number of Topliss-reactive ketones (excluding diaryl/α,β-unsaturated/α-hetero) is 3. The van der Waals surface area contributed by atoms with Gasteiger partial charge in [-0.05, 0) is 50.8 Å². The Hall–Kier alpha value is -3.90. The lowest BCUT2D eigenvalue weighted by Gasteiger charge is -2.33. The van der Waals surface area contributed by atoms with Crippen molar-refractivity contribution in [2.75, 3.05) is 20.8 Å². The van der Waals surface area contributed by atoms with Crippen LogP contribution in [-0.2, 0) is 16.0 Å². The molecular formula is C33H32F2O8S2. The average molecular weight is 659 g/mol. The highest BCUT2D eigenvalue weighted by Crippen LogP contribution is 2.43. The molecular weight excluding hydrogens is 626 g/mol. The summed E-state index contributed by atoms with van der Waals surface area (Å²) in [5, 5.41) is 9.58. The van der Waals surface area contributed by atoms with Crippen LogP contribution in [0, 0.1) is 29.4 Å². The molecule has 0 bridgehead atoms. The Kier molecular flexibility index (Phi) is 9.54. The summed E-state index contributed by atoms with van der Waals surface area (Å²) in [5.74, 6) is -4.06. The van der Waals surface area contributed by atoms with Gasteiger partial charge in [0.1, 0.15) is 17.3 Å². The third kappa shape index (κ3) is 6.30. The summed E-state index contributed by atoms with van der Waals surface area (Å²) in [6.45, 7) is 2.94. The van der Waals surface area contributed by atoms with Crippen LogP contribution < -0.4 is 14.2 Å². The maximum Gasteiger partial charge on any atom is 0.306 e. The van der Waals surface area contributed by atoms with E-state index in [1.165, 1.54) is 40.2 Å². The van der Waals surface area contributed by atoms with Crippen molar-refractivity contribution in [3.05, 3.63) is 51.2 Å². The molecule has 2 aromatic carbocycles. The number of hydrogen-bond donors (Lipinski definition) is 1. The summed E-state index contributed by atoms with van der Waals surface area (Å²) in [4.78, 5) is 49.3. The molecule has 4 aromatic rings. The smallest absolute Gasteiger partial charge is 0.306 e. The fourth-order valence-electron chi connectivity index (χ4n) is 5.59. The van der Waals surface area contributed by atoms with Gasteiger partial charge in [0.05, 0.1) is 36.5 Å². The Morgan fingerprint density at radius 1 is 0.911 bits per heavy atom. The SMILES string of the molecule is COc1cc2sc(C(=O)C[C@H](C)C(=O)O)cc2c(F)c1CCCOc1c(OC)cc2sc(C(=O)[C@@H]3CC[C@H]3C(C)=O)cc2c1F. The van der Waals surface area contributed by atoms with Crippen LogP contribution >= 0.6 is 22.7 Å². The molecule has 2 aromatic heterocycles. The molecule has 2 heterocycles. The number of halogens is 2. The summed E-state index contributed by atoms with van der Waals surface area (Å²) in [6.07, 6.45) is 1.59. The van der Waals surface area contributed by atoms with Crippen molar-refractivity contribution in [1.29, 1.82) is 0 Å². The summed E-state index contributed by atoms with van der Waals surface area (Å²) in [6, 6.07) is 6.19. The molecule has 12 heteroatoms. The molecule has 0 saturated heterocycles. The highest BCUT2D eigenvalue weighted by molar-refractivity contribution is 7.21. The maximum atomic E-state index is 15.7. The summed E-state index contributed by atoms with van der Waals surface area (Å²) < 4.78 is 49.0. The van der Waals surface area contributed by atoms with E-state index in [0.29, 0.717) is 32.9 Å². The number of carbonyl (C=O) groups excluding carboxylic acids is 3. The molecule has 1 fully saturated rings. The number of rotatable bonds is 14. The van der Waals surface area contributed by atoms with Gasteiger partial charge < -0.3 is 19.3 Å². The van der Waals surface area contributed by atoms with Crippen molar-refractivity contribution in [2.45, 2.75) is 46.0 Å². The van der Waals surface area contributed by atoms with Crippen molar-refractivity contribution in [2.24, 2.45) is 17.8 Å². The van der Waals surface area contributed by atoms with Crippen LogP contribution in [0.3, 0.4) is 0 Å². The van der Waals surface area contributed by atoms with Gasteiger partial charge in [-0.2, -0.15) is 0 Å². The summed E-state index contributed by atoms with van der Waals surface area (Å²) in [5.41, 5.74) is 0.271. The third-order valence-electron chi connectivity index (χ3n) is 8.33. The minimum absolute atomic E-state index is 0.0121. The fourth-order valence-corrected chi connectivity index (χ4v) is 7.72. The Morgan fingerprint density at radius 3 is 2.11 bits per heavy atom. The van der Waals surface area contributed by atoms with E-state index in [1.54, 1.807) is 12.1 Å². The molecule has 5 rings (SSSR count). The molecule has 3 atom stereocenters. The lowest BCUT2D eigenvalue weighted by Crippen LogP contribution is -2.36. The first-order valence-corrected chi connectivity index (χ1v) is 16.1. The molecule has 1 aliphatic rings. The molecule has 0 unspecified atom stereocenters. The zero-order valence-electron chi connectivity index (χ0n) is 25.2. The Labute approximate surface area is 265 Å². The number of aliphatic carboxylic acids is 1. The number of fused-ring (bicyclic) bond motifs is 2. The van der Waals surface area contributed by atoms with Crippen molar-refractivity contribution in [3.63, 3.8) is 0 Å². The van der Waals surface area contributed by atoms with Crippen LogP contribution in [0.25, 0.3) is 20.2 Å². The average Bonchev–Trinajstić information content (AvgIpc) is 3.61. The van der Waals surface area contributed by atoms with Crippen LogP contribution in [0.15, 0.2) is 24.3 Å². The zero-order chi connectivity index (χ0) is 32.6. The van der Waals surface area contributed by atoms with Crippen LogP contribution in [0.2, 0.25) is 0 Å². The Balaban J connectivity index is 1.31. The normalized spacial score (nSPS) is 16.8. The monoisotopic (exact) mass is 658 g/mol. The number of carboxylic acid groups (broad SMARTS) is 1. The predicted molar refractivity (Wildman–Crippen MR) is 167 cm³/mol. The van der Waals surface area contributed by atoms with Gasteiger partial charge >= 0.3 is 5.97 Å². The van der Waals surface area contributed by atoms with Crippen LogP contribution in [0.4, 0.5) is 8.78 Å². The molecule has 45 heavy (non-hydrogen) atoms. The highest BCUT2D eigenvalue weighted by Gasteiger charge is 2.40. The van der Waals surface area contributed by atoms with E-state index < -0.39 is 23.5 Å².